The average Bonchev–Trinajstić information content (AvgIpc) is 2.68. The number of hydrogen-bond acceptors (Lipinski definition) is 3. The Balaban J connectivity index is 2.25. The summed E-state index contributed by atoms with van der Waals surface area (Å²) in [4.78, 5) is 2.45. The van der Waals surface area contributed by atoms with Gasteiger partial charge in [-0.3, -0.25) is 0 Å². The summed E-state index contributed by atoms with van der Waals surface area (Å²) < 4.78 is 25.7. The van der Waals surface area contributed by atoms with Crippen molar-refractivity contribution in [3.63, 3.8) is 0 Å². The summed E-state index contributed by atoms with van der Waals surface area (Å²) in [7, 11) is 0.522. The maximum atomic E-state index is 12.9. The fourth-order valence-electron chi connectivity index (χ4n) is 3.01. The molecule has 2 aromatic rings. The van der Waals surface area contributed by atoms with Crippen molar-refractivity contribution < 1.29 is 8.42 Å². The van der Waals surface area contributed by atoms with Crippen LogP contribution in [0.1, 0.15) is 22.4 Å². The van der Waals surface area contributed by atoms with E-state index < -0.39 is 15.1 Å². The number of nitrogens with zero attached hydrogens (tertiary/aromatic N) is 1. The Hall–Kier alpha value is -1.65. The molecular weight excluding hydrogens is 270 g/mol. The van der Waals surface area contributed by atoms with E-state index in [0.29, 0.717) is 4.90 Å². The van der Waals surface area contributed by atoms with E-state index in [2.05, 4.69) is 0 Å². The van der Waals surface area contributed by atoms with Crippen LogP contribution in [0.4, 0.5) is 0 Å². The van der Waals surface area contributed by atoms with Crippen LogP contribution in [0.15, 0.2) is 59.5 Å². The van der Waals surface area contributed by atoms with Gasteiger partial charge in [0.1, 0.15) is 5.25 Å². The molecule has 4 heteroatoms. The van der Waals surface area contributed by atoms with Gasteiger partial charge in [0.2, 0.25) is 0 Å². The van der Waals surface area contributed by atoms with Crippen LogP contribution < -0.4 is 0 Å². The highest BCUT2D eigenvalue weighted by Gasteiger charge is 2.46. The van der Waals surface area contributed by atoms with E-state index in [1.807, 2.05) is 61.5 Å². The lowest BCUT2D eigenvalue weighted by molar-refractivity contribution is 0.293. The third-order valence-corrected chi connectivity index (χ3v) is 6.03. The molecule has 0 aliphatic carbocycles. The molecule has 1 aliphatic rings. The molecule has 0 fully saturated rings. The third-order valence-electron chi connectivity index (χ3n) is 3.85. The summed E-state index contributed by atoms with van der Waals surface area (Å²) in [5.41, 5.74) is 1.74. The molecule has 2 unspecified atom stereocenters. The molecule has 3 rings (SSSR count). The van der Waals surface area contributed by atoms with Gasteiger partial charge in [-0.25, -0.2) is 8.42 Å². The SMILES string of the molecule is CN(C)C1c2ccccc2S(=O)(=O)C1c1ccccc1. The van der Waals surface area contributed by atoms with Gasteiger partial charge >= 0.3 is 0 Å². The first-order chi connectivity index (χ1) is 9.53. The molecule has 0 saturated heterocycles. The molecular formula is C16H17NO2S. The predicted octanol–water partition coefficient (Wildman–Crippen LogP) is 2.82. The van der Waals surface area contributed by atoms with Crippen LogP contribution in [0.2, 0.25) is 0 Å². The highest BCUT2D eigenvalue weighted by atomic mass is 32.2. The van der Waals surface area contributed by atoms with Crippen molar-refractivity contribution in [3.8, 4) is 0 Å². The monoisotopic (exact) mass is 287 g/mol. The second-order valence-electron chi connectivity index (χ2n) is 5.32. The number of fused-ring (bicyclic) bond motifs is 1. The molecule has 0 spiro atoms. The van der Waals surface area contributed by atoms with Crippen LogP contribution in [0, 0.1) is 0 Å². The standard InChI is InChI=1S/C16H17NO2S/c1-17(2)15-13-10-6-7-11-14(13)20(18,19)16(15)12-8-4-3-5-9-12/h3-11,15-16H,1-2H3. The predicted molar refractivity (Wildman–Crippen MR) is 79.2 cm³/mol. The second kappa shape index (κ2) is 4.72. The molecule has 2 atom stereocenters. The van der Waals surface area contributed by atoms with Crippen LogP contribution in [0.5, 0.6) is 0 Å². The zero-order chi connectivity index (χ0) is 14.3. The van der Waals surface area contributed by atoms with E-state index in [1.54, 1.807) is 12.1 Å². The fraction of sp³-hybridized carbons (Fsp3) is 0.250. The Kier molecular flexibility index (Phi) is 3.15. The molecule has 20 heavy (non-hydrogen) atoms. The molecule has 0 saturated carbocycles. The zero-order valence-corrected chi connectivity index (χ0v) is 12.3. The first kappa shape index (κ1) is 13.3. The summed E-state index contributed by atoms with van der Waals surface area (Å²) in [6, 6.07) is 16.6. The number of sulfone groups is 1. The van der Waals surface area contributed by atoms with Crippen molar-refractivity contribution in [2.45, 2.75) is 16.2 Å². The van der Waals surface area contributed by atoms with Gasteiger partial charge in [0.15, 0.2) is 9.84 Å². The van der Waals surface area contributed by atoms with Crippen molar-refractivity contribution in [2.75, 3.05) is 14.1 Å². The second-order valence-corrected chi connectivity index (χ2v) is 7.36. The minimum absolute atomic E-state index is 0.140. The minimum atomic E-state index is -3.34. The lowest BCUT2D eigenvalue weighted by Gasteiger charge is -2.26. The first-order valence-electron chi connectivity index (χ1n) is 6.57. The van der Waals surface area contributed by atoms with Gasteiger partial charge in [-0.05, 0) is 31.3 Å². The molecule has 0 amide bonds. The molecule has 0 radical (unpaired) electrons. The summed E-state index contributed by atoms with van der Waals surface area (Å²) in [6.45, 7) is 0. The van der Waals surface area contributed by atoms with Gasteiger partial charge in [-0.15, -0.1) is 0 Å². The molecule has 0 aromatic heterocycles. The van der Waals surface area contributed by atoms with Crippen molar-refractivity contribution in [1.29, 1.82) is 0 Å². The molecule has 0 N–H and O–H groups in total. The minimum Gasteiger partial charge on any atom is -0.301 e. The largest absolute Gasteiger partial charge is 0.301 e. The van der Waals surface area contributed by atoms with Gasteiger partial charge in [-0.1, -0.05) is 48.5 Å². The van der Waals surface area contributed by atoms with E-state index in [4.69, 9.17) is 0 Å². The fourth-order valence-corrected chi connectivity index (χ4v) is 5.31. The first-order valence-corrected chi connectivity index (χ1v) is 8.12. The molecule has 104 valence electrons. The Morgan fingerprint density at radius 1 is 0.900 bits per heavy atom. The number of likely N-dealkylation sites (N-methyl/N-ethyl adjacent to an activating group) is 1. The smallest absolute Gasteiger partial charge is 0.187 e. The van der Waals surface area contributed by atoms with Gasteiger partial charge in [0.05, 0.1) is 10.9 Å². The maximum absolute atomic E-state index is 12.9. The Labute approximate surface area is 119 Å². The van der Waals surface area contributed by atoms with Crippen molar-refractivity contribution in [3.05, 3.63) is 65.7 Å². The molecule has 0 bridgehead atoms. The number of hydrogen-bond donors (Lipinski definition) is 0. The van der Waals surface area contributed by atoms with Crippen molar-refractivity contribution in [2.24, 2.45) is 0 Å². The number of rotatable bonds is 2. The van der Waals surface area contributed by atoms with Crippen LogP contribution in [-0.4, -0.2) is 27.4 Å². The normalized spacial score (nSPS) is 23.8. The van der Waals surface area contributed by atoms with Gasteiger partial charge in [0.25, 0.3) is 0 Å². The van der Waals surface area contributed by atoms with Gasteiger partial charge in [-0.2, -0.15) is 0 Å². The highest BCUT2D eigenvalue weighted by Crippen LogP contribution is 2.50. The zero-order valence-electron chi connectivity index (χ0n) is 11.5. The van der Waals surface area contributed by atoms with Gasteiger partial charge in [0, 0.05) is 0 Å². The molecule has 1 heterocycles. The lowest BCUT2D eigenvalue weighted by Crippen LogP contribution is -2.25. The van der Waals surface area contributed by atoms with E-state index in [0.717, 1.165) is 11.1 Å². The average molecular weight is 287 g/mol. The molecule has 2 aromatic carbocycles. The van der Waals surface area contributed by atoms with Crippen LogP contribution in [-0.2, 0) is 9.84 Å². The molecule has 3 nitrogen and oxygen atoms in total. The maximum Gasteiger partial charge on any atom is 0.187 e. The van der Waals surface area contributed by atoms with E-state index in [-0.39, 0.29) is 6.04 Å². The van der Waals surface area contributed by atoms with Gasteiger partial charge < -0.3 is 4.90 Å². The quantitative estimate of drug-likeness (QED) is 0.852. The summed E-state index contributed by atoms with van der Waals surface area (Å²) in [5.74, 6) is 0. The van der Waals surface area contributed by atoms with Crippen LogP contribution in [0.25, 0.3) is 0 Å². The summed E-state index contributed by atoms with van der Waals surface area (Å²) in [6.07, 6.45) is 0. The number of benzene rings is 2. The molecule has 1 aliphatic heterocycles. The van der Waals surface area contributed by atoms with Crippen molar-refractivity contribution >= 4 is 9.84 Å². The third kappa shape index (κ3) is 1.87. The summed E-state index contributed by atoms with van der Waals surface area (Å²) in [5, 5.41) is -0.531. The summed E-state index contributed by atoms with van der Waals surface area (Å²) >= 11 is 0. The van der Waals surface area contributed by atoms with Crippen LogP contribution >= 0.6 is 0 Å². The van der Waals surface area contributed by atoms with E-state index in [1.165, 1.54) is 0 Å². The Bertz CT molecular complexity index is 723. The van der Waals surface area contributed by atoms with Crippen molar-refractivity contribution in [1.82, 2.24) is 4.90 Å². The topological polar surface area (TPSA) is 37.4 Å². The van der Waals surface area contributed by atoms with Crippen LogP contribution in [0.3, 0.4) is 0 Å². The Morgan fingerprint density at radius 2 is 1.50 bits per heavy atom. The lowest BCUT2D eigenvalue weighted by atomic mass is 9.98. The Morgan fingerprint density at radius 3 is 2.15 bits per heavy atom. The van der Waals surface area contributed by atoms with E-state index in [9.17, 15) is 8.42 Å². The van der Waals surface area contributed by atoms with E-state index >= 15 is 0 Å². The highest BCUT2D eigenvalue weighted by molar-refractivity contribution is 7.92.